The molecule has 0 radical (unpaired) electrons. The molecule has 1 aromatic heterocycles. The van der Waals surface area contributed by atoms with Gasteiger partial charge >= 0.3 is 5.97 Å². The third kappa shape index (κ3) is 3.25. The second-order valence-electron chi connectivity index (χ2n) is 4.98. The maximum atomic E-state index is 12.6. The summed E-state index contributed by atoms with van der Waals surface area (Å²) in [6.07, 6.45) is 1.86. The van der Waals surface area contributed by atoms with Crippen LogP contribution in [-0.2, 0) is 20.8 Å². The largest absolute Gasteiger partial charge is 0.480 e. The average molecular weight is 296 g/mol. The third-order valence-electron chi connectivity index (χ3n) is 3.73. The van der Waals surface area contributed by atoms with Gasteiger partial charge in [0.2, 0.25) is 0 Å². The van der Waals surface area contributed by atoms with E-state index in [0.29, 0.717) is 31.8 Å². The molecule has 2 unspecified atom stereocenters. The highest BCUT2D eigenvalue weighted by Gasteiger charge is 2.40. The summed E-state index contributed by atoms with van der Waals surface area (Å²) >= 11 is 0. The van der Waals surface area contributed by atoms with Gasteiger partial charge in [-0.25, -0.2) is 4.79 Å². The molecule has 2 atom stereocenters. The van der Waals surface area contributed by atoms with Gasteiger partial charge < -0.3 is 24.0 Å². The van der Waals surface area contributed by atoms with Crippen molar-refractivity contribution < 1.29 is 24.2 Å². The minimum absolute atomic E-state index is 0.238. The zero-order chi connectivity index (χ0) is 15.4. The topological polar surface area (TPSA) is 81.0 Å². The van der Waals surface area contributed by atoms with Crippen LogP contribution in [0, 0.1) is 0 Å². The molecule has 2 rings (SSSR count). The van der Waals surface area contributed by atoms with Crippen LogP contribution in [0.1, 0.15) is 16.9 Å². The van der Waals surface area contributed by atoms with Gasteiger partial charge in [-0.05, 0) is 12.1 Å². The zero-order valence-corrected chi connectivity index (χ0v) is 12.2. The zero-order valence-electron chi connectivity index (χ0n) is 12.2. The van der Waals surface area contributed by atoms with E-state index in [1.807, 2.05) is 0 Å². The van der Waals surface area contributed by atoms with Crippen molar-refractivity contribution >= 4 is 11.9 Å². The van der Waals surface area contributed by atoms with Crippen LogP contribution in [0.25, 0.3) is 0 Å². The number of rotatable bonds is 6. The van der Waals surface area contributed by atoms with Crippen molar-refractivity contribution in [2.24, 2.45) is 0 Å². The number of likely N-dealkylation sites (tertiary alicyclic amines) is 1. The molecule has 1 fully saturated rings. The van der Waals surface area contributed by atoms with E-state index < -0.39 is 12.0 Å². The van der Waals surface area contributed by atoms with Gasteiger partial charge in [0.1, 0.15) is 11.7 Å². The highest BCUT2D eigenvalue weighted by Crippen LogP contribution is 2.23. The predicted octanol–water partition coefficient (Wildman–Crippen LogP) is 0.449. The fourth-order valence-electron chi connectivity index (χ4n) is 2.57. The van der Waals surface area contributed by atoms with Crippen LogP contribution in [0.5, 0.6) is 0 Å². The Morgan fingerprint density at radius 1 is 1.43 bits per heavy atom. The first kappa shape index (κ1) is 15.5. The number of aliphatic carboxylic acids is 1. The Hall–Kier alpha value is -1.86. The molecule has 2 heterocycles. The summed E-state index contributed by atoms with van der Waals surface area (Å²) in [7, 11) is 3.12. The summed E-state index contributed by atoms with van der Waals surface area (Å²) in [5, 5.41) is 9.28. The van der Waals surface area contributed by atoms with Crippen LogP contribution >= 0.6 is 0 Å². The van der Waals surface area contributed by atoms with Gasteiger partial charge in [-0.3, -0.25) is 4.79 Å². The van der Waals surface area contributed by atoms with Gasteiger partial charge in [-0.1, -0.05) is 0 Å². The predicted molar refractivity (Wildman–Crippen MR) is 74.2 cm³/mol. The van der Waals surface area contributed by atoms with Gasteiger partial charge in [0.15, 0.2) is 0 Å². The molecular weight excluding hydrogens is 276 g/mol. The van der Waals surface area contributed by atoms with E-state index in [1.54, 1.807) is 30.0 Å². The lowest BCUT2D eigenvalue weighted by Gasteiger charge is -2.22. The number of ether oxygens (including phenoxy) is 2. The summed E-state index contributed by atoms with van der Waals surface area (Å²) < 4.78 is 12.0. The summed E-state index contributed by atoms with van der Waals surface area (Å²) in [6, 6.07) is 2.62. The molecule has 116 valence electrons. The lowest BCUT2D eigenvalue weighted by atomic mass is 10.2. The molecule has 21 heavy (non-hydrogen) atoms. The molecule has 1 N–H and O–H groups in total. The molecule has 1 aliphatic heterocycles. The molecule has 7 nitrogen and oxygen atoms in total. The van der Waals surface area contributed by atoms with Crippen molar-refractivity contribution in [3.63, 3.8) is 0 Å². The van der Waals surface area contributed by atoms with E-state index in [0.717, 1.165) is 0 Å². The fraction of sp³-hybridized carbons (Fsp3) is 0.571. The minimum Gasteiger partial charge on any atom is -0.480 e. The number of amides is 1. The molecule has 1 aromatic rings. The van der Waals surface area contributed by atoms with Crippen molar-refractivity contribution in [3.8, 4) is 0 Å². The molecule has 0 bridgehead atoms. The van der Waals surface area contributed by atoms with Crippen LogP contribution < -0.4 is 0 Å². The first-order valence-electron chi connectivity index (χ1n) is 6.79. The van der Waals surface area contributed by atoms with E-state index in [4.69, 9.17) is 9.47 Å². The van der Waals surface area contributed by atoms with Gasteiger partial charge in [-0.15, -0.1) is 0 Å². The number of aromatic nitrogens is 1. The van der Waals surface area contributed by atoms with Gasteiger partial charge in [0.25, 0.3) is 5.91 Å². The number of hydrogen-bond acceptors (Lipinski definition) is 4. The van der Waals surface area contributed by atoms with E-state index in [1.165, 1.54) is 12.0 Å². The smallest absolute Gasteiger partial charge is 0.326 e. The molecule has 1 amide bonds. The van der Waals surface area contributed by atoms with Crippen LogP contribution in [0.2, 0.25) is 0 Å². The Labute approximate surface area is 123 Å². The molecular formula is C14H20N2O5. The first-order valence-corrected chi connectivity index (χ1v) is 6.79. The molecule has 1 saturated heterocycles. The number of carboxylic acids is 1. The van der Waals surface area contributed by atoms with Crippen molar-refractivity contribution in [1.29, 1.82) is 0 Å². The lowest BCUT2D eigenvalue weighted by Crippen LogP contribution is -2.41. The third-order valence-corrected chi connectivity index (χ3v) is 3.73. The Bertz CT molecular complexity index is 513. The van der Waals surface area contributed by atoms with E-state index in [-0.39, 0.29) is 12.0 Å². The summed E-state index contributed by atoms with van der Waals surface area (Å²) in [4.78, 5) is 25.3. The normalized spacial score (nSPS) is 21.7. The molecule has 1 aliphatic rings. The molecule has 0 aliphatic carbocycles. The van der Waals surface area contributed by atoms with Gasteiger partial charge in [0, 0.05) is 39.9 Å². The number of carboxylic acid groups (broad SMARTS) is 1. The highest BCUT2D eigenvalue weighted by molar-refractivity contribution is 5.95. The Balaban J connectivity index is 2.18. The Morgan fingerprint density at radius 3 is 2.81 bits per heavy atom. The van der Waals surface area contributed by atoms with Gasteiger partial charge in [0.05, 0.1) is 12.7 Å². The summed E-state index contributed by atoms with van der Waals surface area (Å²) in [5.74, 6) is -1.29. The number of methoxy groups -OCH3 is 2. The summed E-state index contributed by atoms with van der Waals surface area (Å²) in [6.45, 7) is 1.32. The van der Waals surface area contributed by atoms with Crippen molar-refractivity contribution in [3.05, 3.63) is 24.0 Å². The van der Waals surface area contributed by atoms with Crippen LogP contribution in [0.4, 0.5) is 0 Å². The first-order chi connectivity index (χ1) is 10.1. The fourth-order valence-corrected chi connectivity index (χ4v) is 2.57. The lowest BCUT2D eigenvalue weighted by molar-refractivity contribution is -0.141. The van der Waals surface area contributed by atoms with Crippen LogP contribution in [0.3, 0.4) is 0 Å². The average Bonchev–Trinajstić information content (AvgIpc) is 3.10. The van der Waals surface area contributed by atoms with E-state index in [9.17, 15) is 14.7 Å². The Kier molecular flexibility index (Phi) is 4.98. The van der Waals surface area contributed by atoms with Gasteiger partial charge in [-0.2, -0.15) is 0 Å². The molecule has 0 saturated carbocycles. The summed E-state index contributed by atoms with van der Waals surface area (Å²) in [5.41, 5.74) is 0.468. The quantitative estimate of drug-likeness (QED) is 0.824. The number of hydrogen-bond donors (Lipinski definition) is 1. The number of carbonyl (C=O) groups excluding carboxylic acids is 1. The maximum Gasteiger partial charge on any atom is 0.326 e. The highest BCUT2D eigenvalue weighted by atomic mass is 16.5. The van der Waals surface area contributed by atoms with E-state index in [2.05, 4.69) is 0 Å². The standard InChI is InChI=1S/C14H20N2O5/c1-20-7-6-15-5-3-4-11(15)13(17)16-9-10(21-2)8-12(16)14(18)19/h3-5,10,12H,6-9H2,1-2H3,(H,18,19). The van der Waals surface area contributed by atoms with Crippen LogP contribution in [-0.4, -0.2) is 66.0 Å². The molecule has 0 spiro atoms. The number of carbonyl (C=O) groups is 2. The second kappa shape index (κ2) is 6.73. The maximum absolute atomic E-state index is 12.6. The number of nitrogens with zero attached hydrogens (tertiary/aromatic N) is 2. The van der Waals surface area contributed by atoms with Crippen LogP contribution in [0.15, 0.2) is 18.3 Å². The SMILES string of the molecule is COCCn1cccc1C(=O)N1CC(OC)CC1C(=O)O. The molecule has 0 aromatic carbocycles. The molecule has 7 heteroatoms. The monoisotopic (exact) mass is 296 g/mol. The van der Waals surface area contributed by atoms with Crippen molar-refractivity contribution in [1.82, 2.24) is 9.47 Å². The minimum atomic E-state index is -1.00. The van der Waals surface area contributed by atoms with E-state index >= 15 is 0 Å². The van der Waals surface area contributed by atoms with Crippen molar-refractivity contribution in [2.45, 2.75) is 25.1 Å². The Morgan fingerprint density at radius 2 is 2.19 bits per heavy atom. The van der Waals surface area contributed by atoms with Crippen molar-refractivity contribution in [2.75, 3.05) is 27.4 Å². The second-order valence-corrected chi connectivity index (χ2v) is 4.98.